The lowest BCUT2D eigenvalue weighted by Crippen LogP contribution is -1.99. The molecular weight excluding hydrogens is 176 g/mol. The van der Waals surface area contributed by atoms with Crippen LogP contribution in [0, 0.1) is 11.3 Å². The molecule has 0 bridgehead atoms. The number of hydrogen-bond acceptors (Lipinski definition) is 3. The van der Waals surface area contributed by atoms with Gasteiger partial charge < -0.3 is 10.1 Å². The summed E-state index contributed by atoms with van der Waals surface area (Å²) in [6.45, 7) is 2.40. The van der Waals surface area contributed by atoms with Crippen LogP contribution < -0.4 is 10.1 Å². The summed E-state index contributed by atoms with van der Waals surface area (Å²) in [5, 5.41) is 11.4. The topological polar surface area (TPSA) is 45.0 Å². The van der Waals surface area contributed by atoms with E-state index >= 15 is 0 Å². The van der Waals surface area contributed by atoms with E-state index in [4.69, 9.17) is 10.00 Å². The van der Waals surface area contributed by atoms with Gasteiger partial charge in [0, 0.05) is 5.69 Å². The lowest BCUT2D eigenvalue weighted by atomic mass is 10.1. The Morgan fingerprint density at radius 2 is 2.29 bits per heavy atom. The molecule has 0 heterocycles. The molecule has 3 heteroatoms. The molecule has 74 valence electrons. The number of nitrogens with one attached hydrogen (secondary N) is 1. The van der Waals surface area contributed by atoms with E-state index in [1.54, 1.807) is 7.11 Å². The Balaban J connectivity index is 2.85. The fraction of sp³-hybridized carbons (Fsp3) is 0.364. The standard InChI is InChI=1S/C11H14N2O/c1-3-9-8-10(13-7-6-12)4-5-11(9)14-2/h4-5,8,13H,3,7H2,1-2H3. The zero-order chi connectivity index (χ0) is 10.4. The molecule has 0 saturated carbocycles. The summed E-state index contributed by atoms with van der Waals surface area (Å²) in [6, 6.07) is 7.88. The second-order valence-corrected chi connectivity index (χ2v) is 2.89. The smallest absolute Gasteiger partial charge is 0.122 e. The molecule has 1 N–H and O–H groups in total. The van der Waals surface area contributed by atoms with Crippen molar-refractivity contribution in [2.75, 3.05) is 19.0 Å². The Morgan fingerprint density at radius 1 is 1.50 bits per heavy atom. The van der Waals surface area contributed by atoms with Gasteiger partial charge in [-0.1, -0.05) is 6.92 Å². The highest BCUT2D eigenvalue weighted by atomic mass is 16.5. The van der Waals surface area contributed by atoms with Crippen LogP contribution in [-0.2, 0) is 6.42 Å². The van der Waals surface area contributed by atoms with Gasteiger partial charge in [-0.3, -0.25) is 0 Å². The minimum Gasteiger partial charge on any atom is -0.496 e. The number of benzene rings is 1. The highest BCUT2D eigenvalue weighted by molar-refractivity contribution is 5.51. The van der Waals surface area contributed by atoms with Crippen molar-refractivity contribution in [3.05, 3.63) is 23.8 Å². The highest BCUT2D eigenvalue weighted by Gasteiger charge is 2.01. The quantitative estimate of drug-likeness (QED) is 0.740. The Kier molecular flexibility index (Phi) is 3.81. The lowest BCUT2D eigenvalue weighted by molar-refractivity contribution is 0.410. The van der Waals surface area contributed by atoms with Crippen LogP contribution in [0.5, 0.6) is 5.75 Å². The van der Waals surface area contributed by atoms with Gasteiger partial charge in [-0.05, 0) is 30.2 Å². The normalized spacial score (nSPS) is 9.21. The summed E-state index contributed by atoms with van der Waals surface area (Å²) in [5.74, 6) is 0.898. The molecule has 1 aromatic carbocycles. The van der Waals surface area contributed by atoms with Gasteiger partial charge >= 0.3 is 0 Å². The Hall–Kier alpha value is -1.69. The van der Waals surface area contributed by atoms with Gasteiger partial charge in [0.15, 0.2) is 0 Å². The lowest BCUT2D eigenvalue weighted by Gasteiger charge is -2.09. The Morgan fingerprint density at radius 3 is 2.86 bits per heavy atom. The number of nitriles is 1. The summed E-state index contributed by atoms with van der Waals surface area (Å²) in [6.07, 6.45) is 0.922. The molecule has 0 radical (unpaired) electrons. The van der Waals surface area contributed by atoms with Crippen LogP contribution >= 0.6 is 0 Å². The van der Waals surface area contributed by atoms with Gasteiger partial charge in [0.1, 0.15) is 12.3 Å². The molecule has 0 aliphatic carbocycles. The molecular formula is C11H14N2O. The third kappa shape index (κ3) is 2.40. The Labute approximate surface area is 84.3 Å². The van der Waals surface area contributed by atoms with Gasteiger partial charge in [0.2, 0.25) is 0 Å². The predicted molar refractivity (Wildman–Crippen MR) is 56.5 cm³/mol. The van der Waals surface area contributed by atoms with E-state index in [0.29, 0.717) is 6.54 Å². The number of aryl methyl sites for hydroxylation is 1. The number of hydrogen-bond donors (Lipinski definition) is 1. The van der Waals surface area contributed by atoms with Gasteiger partial charge in [0.25, 0.3) is 0 Å². The average molecular weight is 190 g/mol. The molecule has 0 unspecified atom stereocenters. The SMILES string of the molecule is CCc1cc(NCC#N)ccc1OC. The van der Waals surface area contributed by atoms with Crippen LogP contribution in [0.25, 0.3) is 0 Å². The molecule has 0 saturated heterocycles. The third-order valence-corrected chi connectivity index (χ3v) is 2.03. The van der Waals surface area contributed by atoms with Gasteiger partial charge in [-0.25, -0.2) is 0 Å². The maximum absolute atomic E-state index is 8.42. The summed E-state index contributed by atoms with van der Waals surface area (Å²) >= 11 is 0. The van der Waals surface area contributed by atoms with Crippen LogP contribution in [0.1, 0.15) is 12.5 Å². The van der Waals surface area contributed by atoms with Crippen molar-refractivity contribution in [3.63, 3.8) is 0 Å². The minimum atomic E-state index is 0.329. The number of rotatable bonds is 4. The molecule has 1 aromatic rings. The van der Waals surface area contributed by atoms with Crippen LogP contribution in [-0.4, -0.2) is 13.7 Å². The number of methoxy groups -OCH3 is 1. The summed E-state index contributed by atoms with van der Waals surface area (Å²) in [4.78, 5) is 0. The third-order valence-electron chi connectivity index (χ3n) is 2.03. The van der Waals surface area contributed by atoms with Crippen molar-refractivity contribution < 1.29 is 4.74 Å². The fourth-order valence-corrected chi connectivity index (χ4v) is 1.31. The van der Waals surface area contributed by atoms with Crippen molar-refractivity contribution >= 4 is 5.69 Å². The van der Waals surface area contributed by atoms with Crippen LogP contribution in [0.4, 0.5) is 5.69 Å². The van der Waals surface area contributed by atoms with E-state index in [0.717, 1.165) is 23.4 Å². The summed E-state index contributed by atoms with van der Waals surface area (Å²) in [5.41, 5.74) is 2.11. The van der Waals surface area contributed by atoms with Gasteiger partial charge in [-0.2, -0.15) is 5.26 Å². The second kappa shape index (κ2) is 5.13. The maximum atomic E-state index is 8.42. The van der Waals surface area contributed by atoms with E-state index in [2.05, 4.69) is 12.2 Å². The van der Waals surface area contributed by atoms with E-state index in [1.807, 2.05) is 24.3 Å². The molecule has 0 amide bonds. The first-order valence-electron chi connectivity index (χ1n) is 4.59. The molecule has 0 fully saturated rings. The van der Waals surface area contributed by atoms with E-state index in [9.17, 15) is 0 Å². The fourth-order valence-electron chi connectivity index (χ4n) is 1.31. The number of anilines is 1. The van der Waals surface area contributed by atoms with Crippen molar-refractivity contribution in [3.8, 4) is 11.8 Å². The van der Waals surface area contributed by atoms with Crippen molar-refractivity contribution in [1.29, 1.82) is 5.26 Å². The maximum Gasteiger partial charge on any atom is 0.122 e. The van der Waals surface area contributed by atoms with Crippen molar-refractivity contribution in [1.82, 2.24) is 0 Å². The first-order valence-corrected chi connectivity index (χ1v) is 4.59. The molecule has 14 heavy (non-hydrogen) atoms. The highest BCUT2D eigenvalue weighted by Crippen LogP contribution is 2.22. The largest absolute Gasteiger partial charge is 0.496 e. The van der Waals surface area contributed by atoms with Gasteiger partial charge in [0.05, 0.1) is 13.2 Å². The first kappa shape index (κ1) is 10.4. The van der Waals surface area contributed by atoms with Crippen LogP contribution in [0.3, 0.4) is 0 Å². The zero-order valence-corrected chi connectivity index (χ0v) is 8.50. The van der Waals surface area contributed by atoms with E-state index in [1.165, 1.54) is 0 Å². The molecule has 1 rings (SSSR count). The van der Waals surface area contributed by atoms with E-state index < -0.39 is 0 Å². The molecule has 0 atom stereocenters. The summed E-state index contributed by atoms with van der Waals surface area (Å²) in [7, 11) is 1.66. The van der Waals surface area contributed by atoms with Crippen molar-refractivity contribution in [2.24, 2.45) is 0 Å². The first-order chi connectivity index (χ1) is 6.81. The molecule has 0 aliphatic heterocycles. The minimum absolute atomic E-state index is 0.329. The van der Waals surface area contributed by atoms with Crippen LogP contribution in [0.2, 0.25) is 0 Å². The summed E-state index contributed by atoms with van der Waals surface area (Å²) < 4.78 is 5.20. The predicted octanol–water partition coefficient (Wildman–Crippen LogP) is 2.19. The Bertz CT molecular complexity index is 342. The molecule has 0 aromatic heterocycles. The average Bonchev–Trinajstić information content (AvgIpc) is 2.25. The van der Waals surface area contributed by atoms with Crippen LogP contribution in [0.15, 0.2) is 18.2 Å². The zero-order valence-electron chi connectivity index (χ0n) is 8.50. The molecule has 3 nitrogen and oxygen atoms in total. The monoisotopic (exact) mass is 190 g/mol. The second-order valence-electron chi connectivity index (χ2n) is 2.89. The molecule has 0 spiro atoms. The van der Waals surface area contributed by atoms with Crippen molar-refractivity contribution in [2.45, 2.75) is 13.3 Å². The number of ether oxygens (including phenoxy) is 1. The molecule has 0 aliphatic rings. The van der Waals surface area contributed by atoms with E-state index in [-0.39, 0.29) is 0 Å². The number of nitrogens with zero attached hydrogens (tertiary/aromatic N) is 1. The van der Waals surface area contributed by atoms with Gasteiger partial charge in [-0.15, -0.1) is 0 Å².